The molecule has 0 amide bonds. The summed E-state index contributed by atoms with van der Waals surface area (Å²) in [5.41, 5.74) is 0. The van der Waals surface area contributed by atoms with Crippen LogP contribution in [0.5, 0.6) is 0 Å². The number of nitrogens with one attached hydrogen (secondary N) is 1. The number of rotatable bonds is 3. The first-order valence-corrected chi connectivity index (χ1v) is 7.19. The Morgan fingerprint density at radius 2 is 1.69 bits per heavy atom. The predicted octanol–water partition coefficient (Wildman–Crippen LogP) is 2.71. The Morgan fingerprint density at radius 1 is 1.00 bits per heavy atom. The minimum Gasteiger partial charge on any atom is -0.392 e. The second-order valence-corrected chi connectivity index (χ2v) is 5.89. The Balaban J connectivity index is 1.72. The highest BCUT2D eigenvalue weighted by atomic mass is 16.3. The van der Waals surface area contributed by atoms with E-state index in [1.54, 1.807) is 0 Å². The van der Waals surface area contributed by atoms with Crippen LogP contribution < -0.4 is 5.32 Å². The normalized spacial score (nSPS) is 40.9. The van der Waals surface area contributed by atoms with Gasteiger partial charge < -0.3 is 10.4 Å². The van der Waals surface area contributed by atoms with E-state index >= 15 is 0 Å². The maximum absolute atomic E-state index is 9.90. The number of aliphatic hydroxyl groups is 1. The molecule has 0 radical (unpaired) electrons. The summed E-state index contributed by atoms with van der Waals surface area (Å²) in [5.74, 6) is 1.73. The van der Waals surface area contributed by atoms with Crippen LogP contribution in [-0.4, -0.2) is 23.8 Å². The van der Waals surface area contributed by atoms with E-state index in [2.05, 4.69) is 12.2 Å². The van der Waals surface area contributed by atoms with Crippen molar-refractivity contribution in [3.63, 3.8) is 0 Å². The zero-order chi connectivity index (χ0) is 11.4. The molecule has 0 aromatic rings. The number of aliphatic hydroxyl groups excluding tert-OH is 1. The maximum atomic E-state index is 9.90. The molecule has 94 valence electrons. The molecule has 2 saturated carbocycles. The lowest BCUT2D eigenvalue weighted by Gasteiger charge is -2.33. The topological polar surface area (TPSA) is 32.3 Å². The van der Waals surface area contributed by atoms with Gasteiger partial charge in [-0.2, -0.15) is 0 Å². The summed E-state index contributed by atoms with van der Waals surface area (Å²) in [7, 11) is 0. The molecule has 4 atom stereocenters. The van der Waals surface area contributed by atoms with E-state index in [0.717, 1.165) is 24.8 Å². The summed E-state index contributed by atoms with van der Waals surface area (Å²) < 4.78 is 0. The average Bonchev–Trinajstić information content (AvgIpc) is 2.30. The van der Waals surface area contributed by atoms with E-state index in [9.17, 15) is 5.11 Å². The molecule has 2 fully saturated rings. The molecule has 2 unspecified atom stereocenters. The minimum atomic E-state index is -0.0901. The third-order valence-corrected chi connectivity index (χ3v) is 4.66. The molecule has 2 heteroatoms. The molecule has 2 rings (SSSR count). The van der Waals surface area contributed by atoms with Crippen LogP contribution in [0.15, 0.2) is 0 Å². The average molecular weight is 225 g/mol. The smallest absolute Gasteiger partial charge is 0.0693 e. The van der Waals surface area contributed by atoms with Crippen LogP contribution in [0.3, 0.4) is 0 Å². The summed E-state index contributed by atoms with van der Waals surface area (Å²) in [6.45, 7) is 3.52. The third-order valence-electron chi connectivity index (χ3n) is 4.66. The van der Waals surface area contributed by atoms with Gasteiger partial charge in [-0.25, -0.2) is 0 Å². The summed E-state index contributed by atoms with van der Waals surface area (Å²) in [5, 5.41) is 13.5. The Kier molecular flexibility index (Phi) is 4.66. The van der Waals surface area contributed by atoms with E-state index in [4.69, 9.17) is 0 Å². The quantitative estimate of drug-likeness (QED) is 0.774. The lowest BCUT2D eigenvalue weighted by molar-refractivity contribution is 0.0851. The van der Waals surface area contributed by atoms with Crippen molar-refractivity contribution >= 4 is 0 Å². The van der Waals surface area contributed by atoms with E-state index in [-0.39, 0.29) is 6.10 Å². The summed E-state index contributed by atoms with van der Waals surface area (Å²) in [6.07, 6.45) is 10.2. The number of hydrogen-bond acceptors (Lipinski definition) is 2. The van der Waals surface area contributed by atoms with Crippen LogP contribution in [0.4, 0.5) is 0 Å². The van der Waals surface area contributed by atoms with Gasteiger partial charge >= 0.3 is 0 Å². The Bertz CT molecular complexity index is 185. The highest BCUT2D eigenvalue weighted by molar-refractivity contribution is 4.82. The fraction of sp³-hybridized carbons (Fsp3) is 1.00. The van der Waals surface area contributed by atoms with Crippen molar-refractivity contribution in [1.29, 1.82) is 0 Å². The van der Waals surface area contributed by atoms with Crippen molar-refractivity contribution in [2.45, 2.75) is 70.4 Å². The van der Waals surface area contributed by atoms with Crippen LogP contribution in [0.25, 0.3) is 0 Å². The predicted molar refractivity (Wildman–Crippen MR) is 67.4 cm³/mol. The second kappa shape index (κ2) is 6.02. The van der Waals surface area contributed by atoms with Gasteiger partial charge in [-0.3, -0.25) is 0 Å². The zero-order valence-corrected chi connectivity index (χ0v) is 10.6. The molecule has 0 aliphatic heterocycles. The van der Waals surface area contributed by atoms with E-state index in [1.165, 1.54) is 44.9 Å². The molecule has 2 N–H and O–H groups in total. The molecule has 16 heavy (non-hydrogen) atoms. The van der Waals surface area contributed by atoms with Crippen molar-refractivity contribution in [1.82, 2.24) is 5.32 Å². The van der Waals surface area contributed by atoms with Crippen LogP contribution in [0.1, 0.15) is 58.3 Å². The van der Waals surface area contributed by atoms with Gasteiger partial charge in [-0.15, -0.1) is 0 Å². The molecular weight excluding hydrogens is 198 g/mol. The van der Waals surface area contributed by atoms with Crippen LogP contribution in [0.2, 0.25) is 0 Å². The summed E-state index contributed by atoms with van der Waals surface area (Å²) in [6, 6.07) is 0.378. The first-order valence-electron chi connectivity index (χ1n) is 7.19. The van der Waals surface area contributed by atoms with Gasteiger partial charge in [-0.1, -0.05) is 39.0 Å². The Hall–Kier alpha value is -0.0800. The molecule has 2 aliphatic rings. The van der Waals surface area contributed by atoms with Crippen LogP contribution >= 0.6 is 0 Å². The van der Waals surface area contributed by atoms with E-state index < -0.39 is 0 Å². The van der Waals surface area contributed by atoms with Gasteiger partial charge in [-0.05, 0) is 37.6 Å². The highest BCUT2D eigenvalue weighted by Gasteiger charge is 2.26. The van der Waals surface area contributed by atoms with Crippen molar-refractivity contribution in [2.24, 2.45) is 11.8 Å². The second-order valence-electron chi connectivity index (χ2n) is 5.89. The fourth-order valence-electron chi connectivity index (χ4n) is 3.35. The molecular formula is C14H27NO. The van der Waals surface area contributed by atoms with E-state index in [1.807, 2.05) is 0 Å². The molecule has 0 spiro atoms. The van der Waals surface area contributed by atoms with Crippen LogP contribution in [-0.2, 0) is 0 Å². The first-order chi connectivity index (χ1) is 7.77. The number of hydrogen-bond donors (Lipinski definition) is 2. The van der Waals surface area contributed by atoms with Crippen molar-refractivity contribution in [3.8, 4) is 0 Å². The molecule has 2 nitrogen and oxygen atoms in total. The monoisotopic (exact) mass is 225 g/mol. The van der Waals surface area contributed by atoms with Gasteiger partial charge in [0.05, 0.1) is 6.10 Å². The highest BCUT2D eigenvalue weighted by Crippen LogP contribution is 2.29. The molecule has 2 aliphatic carbocycles. The standard InChI is InChI=1S/C14H27NO/c1-11-6-2-3-7-12(11)10-15-13-8-4-5-9-14(13)16/h11-16H,2-10H2,1H3/t11?,12?,13-,14-/m0/s1. The minimum absolute atomic E-state index is 0.0901. The van der Waals surface area contributed by atoms with Crippen molar-refractivity contribution < 1.29 is 5.11 Å². The van der Waals surface area contributed by atoms with Gasteiger partial charge in [0, 0.05) is 6.04 Å². The first kappa shape index (κ1) is 12.4. The molecule has 0 saturated heterocycles. The molecule has 0 aromatic carbocycles. The third kappa shape index (κ3) is 3.21. The summed E-state index contributed by atoms with van der Waals surface area (Å²) >= 11 is 0. The van der Waals surface area contributed by atoms with Gasteiger partial charge in [0.2, 0.25) is 0 Å². The van der Waals surface area contributed by atoms with E-state index in [0.29, 0.717) is 6.04 Å². The largest absolute Gasteiger partial charge is 0.392 e. The van der Waals surface area contributed by atoms with Gasteiger partial charge in [0.1, 0.15) is 0 Å². The molecule has 0 heterocycles. The fourth-order valence-corrected chi connectivity index (χ4v) is 3.35. The van der Waals surface area contributed by atoms with Crippen LogP contribution in [0, 0.1) is 11.8 Å². The lowest BCUT2D eigenvalue weighted by atomic mass is 9.80. The molecule has 0 bridgehead atoms. The van der Waals surface area contributed by atoms with Crippen molar-refractivity contribution in [2.75, 3.05) is 6.54 Å². The SMILES string of the molecule is CC1CCCCC1CN[C@H]1CCCC[C@@H]1O. The lowest BCUT2D eigenvalue weighted by Crippen LogP contribution is -2.45. The zero-order valence-electron chi connectivity index (χ0n) is 10.6. The van der Waals surface area contributed by atoms with Gasteiger partial charge in [0.25, 0.3) is 0 Å². The van der Waals surface area contributed by atoms with Crippen molar-refractivity contribution in [3.05, 3.63) is 0 Å². The maximum Gasteiger partial charge on any atom is 0.0693 e. The summed E-state index contributed by atoms with van der Waals surface area (Å²) in [4.78, 5) is 0. The Morgan fingerprint density at radius 3 is 2.44 bits per heavy atom. The Labute approximate surface area is 99.8 Å². The van der Waals surface area contributed by atoms with Gasteiger partial charge in [0.15, 0.2) is 0 Å². The molecule has 0 aromatic heterocycles.